The van der Waals surface area contributed by atoms with Crippen molar-refractivity contribution in [2.45, 2.75) is 19.3 Å². The number of likely N-dealkylation sites (tertiary alicyclic amines) is 1. The highest BCUT2D eigenvalue weighted by molar-refractivity contribution is 6.30. The van der Waals surface area contributed by atoms with Gasteiger partial charge in [0.1, 0.15) is 11.5 Å². The van der Waals surface area contributed by atoms with E-state index in [9.17, 15) is 9.59 Å². The summed E-state index contributed by atoms with van der Waals surface area (Å²) in [6.07, 6.45) is 4.63. The van der Waals surface area contributed by atoms with E-state index in [-0.39, 0.29) is 17.3 Å². The van der Waals surface area contributed by atoms with Gasteiger partial charge in [-0.25, -0.2) is 0 Å². The molecule has 1 fully saturated rings. The first-order valence-electron chi connectivity index (χ1n) is 12.4. The molecule has 0 bridgehead atoms. The van der Waals surface area contributed by atoms with Crippen molar-refractivity contribution in [1.82, 2.24) is 14.7 Å². The Kier molecular flexibility index (Phi) is 7.60. The van der Waals surface area contributed by atoms with Gasteiger partial charge >= 0.3 is 0 Å². The molecule has 1 aliphatic heterocycles. The molecule has 4 aromatic rings. The van der Waals surface area contributed by atoms with E-state index in [4.69, 9.17) is 21.1 Å². The first kappa shape index (κ1) is 25.4. The number of methoxy groups -OCH3 is 1. The minimum atomic E-state index is -0.439. The van der Waals surface area contributed by atoms with E-state index >= 15 is 0 Å². The summed E-state index contributed by atoms with van der Waals surface area (Å²) in [5, 5.41) is 7.98. The SMILES string of the molecule is COc1ccc(Oc2cnn(-c3cccc(Cl)c3)c(=O)c2Nc2cccc(C(=O)N3CCCCC3)c2)cc1. The highest BCUT2D eigenvalue weighted by Gasteiger charge is 2.20. The van der Waals surface area contributed by atoms with Crippen molar-refractivity contribution in [3.05, 3.63) is 99.9 Å². The van der Waals surface area contributed by atoms with Crippen LogP contribution in [-0.4, -0.2) is 40.8 Å². The molecule has 1 saturated heterocycles. The van der Waals surface area contributed by atoms with Crippen LogP contribution < -0.4 is 20.3 Å². The molecule has 1 N–H and O–H groups in total. The Balaban J connectivity index is 1.51. The van der Waals surface area contributed by atoms with Crippen molar-refractivity contribution in [3.63, 3.8) is 0 Å². The minimum Gasteiger partial charge on any atom is -0.497 e. The molecule has 0 unspecified atom stereocenters. The van der Waals surface area contributed by atoms with Crippen molar-refractivity contribution in [3.8, 4) is 22.9 Å². The normalized spacial score (nSPS) is 13.2. The van der Waals surface area contributed by atoms with Gasteiger partial charge in [-0.1, -0.05) is 23.7 Å². The summed E-state index contributed by atoms with van der Waals surface area (Å²) in [5.74, 6) is 1.39. The van der Waals surface area contributed by atoms with E-state index in [1.807, 2.05) is 4.90 Å². The summed E-state index contributed by atoms with van der Waals surface area (Å²) in [7, 11) is 1.58. The number of nitrogens with one attached hydrogen (secondary N) is 1. The van der Waals surface area contributed by atoms with Crippen molar-refractivity contribution >= 4 is 28.9 Å². The Hall–Kier alpha value is -4.30. The number of carbonyl (C=O) groups excluding carboxylic acids is 1. The molecule has 0 radical (unpaired) electrons. The van der Waals surface area contributed by atoms with Gasteiger partial charge in [0.2, 0.25) is 0 Å². The molecule has 5 rings (SSSR count). The fourth-order valence-electron chi connectivity index (χ4n) is 4.35. The lowest BCUT2D eigenvalue weighted by molar-refractivity contribution is 0.0724. The van der Waals surface area contributed by atoms with Crippen LogP contribution >= 0.6 is 11.6 Å². The number of hydrogen-bond donors (Lipinski definition) is 1. The van der Waals surface area contributed by atoms with Gasteiger partial charge in [-0.3, -0.25) is 9.59 Å². The second kappa shape index (κ2) is 11.4. The Morgan fingerprint density at radius 2 is 1.68 bits per heavy atom. The van der Waals surface area contributed by atoms with E-state index in [0.717, 1.165) is 32.4 Å². The monoisotopic (exact) mass is 530 g/mol. The quantitative estimate of drug-likeness (QED) is 0.313. The Bertz CT molecular complexity index is 1500. The van der Waals surface area contributed by atoms with Crippen LogP contribution in [0.15, 0.2) is 83.8 Å². The second-order valence-electron chi connectivity index (χ2n) is 8.92. The van der Waals surface area contributed by atoms with Crippen LogP contribution in [0.5, 0.6) is 17.2 Å². The smallest absolute Gasteiger partial charge is 0.299 e. The van der Waals surface area contributed by atoms with Crippen LogP contribution in [0.2, 0.25) is 5.02 Å². The number of anilines is 2. The third kappa shape index (κ3) is 5.65. The zero-order valence-electron chi connectivity index (χ0n) is 20.9. The van der Waals surface area contributed by atoms with Crippen molar-refractivity contribution in [1.29, 1.82) is 0 Å². The van der Waals surface area contributed by atoms with Crippen LogP contribution in [0.4, 0.5) is 11.4 Å². The zero-order chi connectivity index (χ0) is 26.5. The van der Waals surface area contributed by atoms with Gasteiger partial charge in [0, 0.05) is 29.4 Å². The standard InChI is InChI=1S/C29H27ClN4O4/c1-37-24-11-13-25(14-12-24)38-26-19-31-34(23-10-6-8-21(30)18-23)29(36)27(26)32-22-9-5-7-20(17-22)28(35)33-15-3-2-4-16-33/h5-14,17-19,32H,2-4,15-16H2,1H3. The zero-order valence-corrected chi connectivity index (χ0v) is 21.6. The predicted octanol–water partition coefficient (Wildman–Crippen LogP) is 6.06. The first-order chi connectivity index (χ1) is 18.5. The molecule has 1 aromatic heterocycles. The van der Waals surface area contributed by atoms with Crippen LogP contribution in [0, 0.1) is 0 Å². The van der Waals surface area contributed by atoms with Gasteiger partial charge in [0.15, 0.2) is 11.4 Å². The maximum atomic E-state index is 13.7. The Labute approximate surface area is 225 Å². The lowest BCUT2D eigenvalue weighted by atomic mass is 10.1. The van der Waals surface area contributed by atoms with Crippen LogP contribution in [0.25, 0.3) is 5.69 Å². The molecular formula is C29H27ClN4O4. The minimum absolute atomic E-state index is 0.0193. The summed E-state index contributed by atoms with van der Waals surface area (Å²) in [4.78, 5) is 28.6. The van der Waals surface area contributed by atoms with Crippen molar-refractivity contribution in [2.24, 2.45) is 0 Å². The topological polar surface area (TPSA) is 85.7 Å². The average Bonchev–Trinajstić information content (AvgIpc) is 2.95. The number of halogens is 1. The molecule has 0 aliphatic carbocycles. The Morgan fingerprint density at radius 3 is 2.42 bits per heavy atom. The fraction of sp³-hybridized carbons (Fsp3) is 0.207. The van der Waals surface area contributed by atoms with E-state index in [0.29, 0.717) is 33.5 Å². The molecular weight excluding hydrogens is 504 g/mol. The third-order valence-electron chi connectivity index (χ3n) is 6.31. The van der Waals surface area contributed by atoms with Gasteiger partial charge in [-0.15, -0.1) is 0 Å². The molecule has 9 heteroatoms. The lowest BCUT2D eigenvalue weighted by Gasteiger charge is -2.26. The summed E-state index contributed by atoms with van der Waals surface area (Å²) in [6, 6.07) is 21.0. The number of carbonyl (C=O) groups is 1. The lowest BCUT2D eigenvalue weighted by Crippen LogP contribution is -2.35. The number of ether oxygens (including phenoxy) is 2. The summed E-state index contributed by atoms with van der Waals surface area (Å²) in [6.45, 7) is 1.51. The van der Waals surface area contributed by atoms with Crippen LogP contribution in [0.3, 0.4) is 0 Å². The second-order valence-corrected chi connectivity index (χ2v) is 9.35. The third-order valence-corrected chi connectivity index (χ3v) is 6.54. The number of aromatic nitrogens is 2. The summed E-state index contributed by atoms with van der Waals surface area (Å²) in [5.41, 5.74) is 1.37. The van der Waals surface area contributed by atoms with Gasteiger partial charge < -0.3 is 19.7 Å². The maximum Gasteiger partial charge on any atom is 0.299 e. The van der Waals surface area contributed by atoms with E-state index in [1.54, 1.807) is 79.9 Å². The number of piperidine rings is 1. The number of amides is 1. The Morgan fingerprint density at radius 1 is 0.947 bits per heavy atom. The molecule has 194 valence electrons. The molecule has 1 amide bonds. The summed E-state index contributed by atoms with van der Waals surface area (Å²) >= 11 is 6.16. The van der Waals surface area contributed by atoms with Gasteiger partial charge in [0.05, 0.1) is 19.0 Å². The van der Waals surface area contributed by atoms with Crippen molar-refractivity contribution < 1.29 is 14.3 Å². The molecule has 0 atom stereocenters. The van der Waals surface area contributed by atoms with Gasteiger partial charge in [0.25, 0.3) is 11.5 Å². The van der Waals surface area contributed by atoms with E-state index < -0.39 is 5.56 Å². The average molecular weight is 531 g/mol. The highest BCUT2D eigenvalue weighted by atomic mass is 35.5. The molecule has 0 saturated carbocycles. The number of hydrogen-bond acceptors (Lipinski definition) is 6. The predicted molar refractivity (Wildman–Crippen MR) is 147 cm³/mol. The first-order valence-corrected chi connectivity index (χ1v) is 12.8. The largest absolute Gasteiger partial charge is 0.497 e. The number of nitrogens with zero attached hydrogens (tertiary/aromatic N) is 3. The maximum absolute atomic E-state index is 13.7. The highest BCUT2D eigenvalue weighted by Crippen LogP contribution is 2.30. The van der Waals surface area contributed by atoms with Gasteiger partial charge in [-0.2, -0.15) is 9.78 Å². The van der Waals surface area contributed by atoms with E-state index in [2.05, 4.69) is 10.4 Å². The molecule has 0 spiro atoms. The number of benzene rings is 3. The molecule has 8 nitrogen and oxygen atoms in total. The van der Waals surface area contributed by atoms with Crippen LogP contribution in [0.1, 0.15) is 29.6 Å². The van der Waals surface area contributed by atoms with E-state index in [1.165, 1.54) is 10.9 Å². The molecule has 1 aliphatic rings. The summed E-state index contributed by atoms with van der Waals surface area (Å²) < 4.78 is 12.5. The molecule has 38 heavy (non-hydrogen) atoms. The van der Waals surface area contributed by atoms with Gasteiger partial charge in [-0.05, 0) is 79.9 Å². The fourth-order valence-corrected chi connectivity index (χ4v) is 4.53. The number of rotatable bonds is 7. The van der Waals surface area contributed by atoms with Crippen LogP contribution in [-0.2, 0) is 0 Å². The van der Waals surface area contributed by atoms with Crippen molar-refractivity contribution in [2.75, 3.05) is 25.5 Å². The molecule has 3 aromatic carbocycles. The molecule has 2 heterocycles.